The molecule has 0 aliphatic rings. The van der Waals surface area contributed by atoms with Crippen LogP contribution in [-0.2, 0) is 9.53 Å². The van der Waals surface area contributed by atoms with Gasteiger partial charge in [0, 0.05) is 30.9 Å². The summed E-state index contributed by atoms with van der Waals surface area (Å²) >= 11 is 0. The highest BCUT2D eigenvalue weighted by molar-refractivity contribution is 5.99. The highest BCUT2D eigenvalue weighted by Gasteiger charge is 2.19. The van der Waals surface area contributed by atoms with Gasteiger partial charge in [-0.3, -0.25) is 14.9 Å². The molecule has 0 unspecified atom stereocenters. The van der Waals surface area contributed by atoms with E-state index in [1.165, 1.54) is 26.4 Å². The molecule has 0 saturated carbocycles. The monoisotopic (exact) mass is 389 g/mol. The number of amides is 1. The number of nitrogens with one attached hydrogen (secondary N) is 2. The molecule has 28 heavy (non-hydrogen) atoms. The smallest absolute Gasteiger partial charge is 0.341 e. The van der Waals surface area contributed by atoms with E-state index in [1.807, 2.05) is 0 Å². The second-order valence-electron chi connectivity index (χ2n) is 5.43. The fourth-order valence-corrected chi connectivity index (χ4v) is 2.34. The summed E-state index contributed by atoms with van der Waals surface area (Å²) in [7, 11) is 4.48. The van der Waals surface area contributed by atoms with E-state index in [-0.39, 0.29) is 11.3 Å². The number of nitro benzene ring substituents is 1. The average molecular weight is 389 g/mol. The summed E-state index contributed by atoms with van der Waals surface area (Å²) < 4.78 is 15.2. The second kappa shape index (κ2) is 9.21. The van der Waals surface area contributed by atoms with Crippen molar-refractivity contribution in [2.24, 2.45) is 0 Å². The first kappa shape index (κ1) is 20.5. The van der Waals surface area contributed by atoms with Crippen LogP contribution in [0.5, 0.6) is 11.5 Å². The largest absolute Gasteiger partial charge is 0.497 e. The van der Waals surface area contributed by atoms with Crippen molar-refractivity contribution in [1.29, 1.82) is 0 Å². The predicted octanol–water partition coefficient (Wildman–Crippen LogP) is 2.45. The van der Waals surface area contributed by atoms with Crippen LogP contribution in [0.4, 0.5) is 17.1 Å². The third kappa shape index (κ3) is 4.87. The van der Waals surface area contributed by atoms with Crippen LogP contribution in [-0.4, -0.2) is 44.7 Å². The van der Waals surface area contributed by atoms with Gasteiger partial charge in [0.25, 0.3) is 11.6 Å². The Labute approximate surface area is 160 Å². The molecule has 0 aromatic heterocycles. The van der Waals surface area contributed by atoms with Gasteiger partial charge in [-0.15, -0.1) is 0 Å². The van der Waals surface area contributed by atoms with Crippen molar-refractivity contribution in [3.8, 4) is 11.5 Å². The quantitative estimate of drug-likeness (QED) is 0.400. The van der Waals surface area contributed by atoms with Gasteiger partial charge in [-0.2, -0.15) is 0 Å². The van der Waals surface area contributed by atoms with E-state index >= 15 is 0 Å². The highest BCUT2D eigenvalue weighted by atomic mass is 16.6. The summed E-state index contributed by atoms with van der Waals surface area (Å²) in [5.41, 5.74) is 0.361. The Morgan fingerprint density at radius 2 is 1.82 bits per heavy atom. The van der Waals surface area contributed by atoms with Gasteiger partial charge < -0.3 is 24.8 Å². The number of nitrogens with zero attached hydrogens (tertiary/aromatic N) is 1. The van der Waals surface area contributed by atoms with E-state index in [1.54, 1.807) is 25.2 Å². The van der Waals surface area contributed by atoms with E-state index in [2.05, 4.69) is 10.6 Å². The van der Waals surface area contributed by atoms with E-state index < -0.39 is 23.4 Å². The van der Waals surface area contributed by atoms with Crippen LogP contribution in [0.25, 0.3) is 0 Å². The minimum atomic E-state index is -0.874. The zero-order valence-electron chi connectivity index (χ0n) is 15.5. The van der Waals surface area contributed by atoms with E-state index in [9.17, 15) is 19.7 Å². The Balaban J connectivity index is 2.08. The molecule has 2 N–H and O–H groups in total. The van der Waals surface area contributed by atoms with Gasteiger partial charge in [-0.05, 0) is 18.2 Å². The molecule has 0 spiro atoms. The lowest BCUT2D eigenvalue weighted by Crippen LogP contribution is -2.21. The zero-order valence-corrected chi connectivity index (χ0v) is 15.5. The number of esters is 1. The normalized spacial score (nSPS) is 9.96. The molecule has 0 radical (unpaired) electrons. The SMILES string of the molecule is CNc1ccc([N+](=O)[O-])cc1C(=O)OCC(=O)Nc1cc(OC)ccc1OC. The van der Waals surface area contributed by atoms with Crippen molar-refractivity contribution < 1.29 is 28.7 Å². The highest BCUT2D eigenvalue weighted by Crippen LogP contribution is 2.29. The maximum atomic E-state index is 12.3. The molecule has 10 heteroatoms. The summed E-state index contributed by atoms with van der Waals surface area (Å²) in [5.74, 6) is -0.586. The van der Waals surface area contributed by atoms with E-state index in [0.29, 0.717) is 22.9 Å². The minimum absolute atomic E-state index is 0.0524. The number of carbonyl (C=O) groups is 2. The van der Waals surface area contributed by atoms with Crippen LogP contribution in [0, 0.1) is 10.1 Å². The number of carbonyl (C=O) groups excluding carboxylic acids is 2. The number of anilines is 2. The first-order chi connectivity index (χ1) is 13.4. The maximum absolute atomic E-state index is 12.3. The second-order valence-corrected chi connectivity index (χ2v) is 5.43. The van der Waals surface area contributed by atoms with Gasteiger partial charge in [-0.1, -0.05) is 0 Å². The molecule has 2 aromatic carbocycles. The van der Waals surface area contributed by atoms with Gasteiger partial charge in [-0.25, -0.2) is 4.79 Å². The Kier molecular flexibility index (Phi) is 6.74. The van der Waals surface area contributed by atoms with E-state index in [4.69, 9.17) is 14.2 Å². The van der Waals surface area contributed by atoms with Crippen LogP contribution in [0.15, 0.2) is 36.4 Å². The number of nitro groups is 1. The van der Waals surface area contributed by atoms with Gasteiger partial charge in [0.2, 0.25) is 0 Å². The van der Waals surface area contributed by atoms with Gasteiger partial charge in [0.1, 0.15) is 11.5 Å². The molecule has 0 saturated heterocycles. The van der Waals surface area contributed by atoms with Crippen molar-refractivity contribution in [1.82, 2.24) is 0 Å². The van der Waals surface area contributed by atoms with Crippen molar-refractivity contribution in [2.75, 3.05) is 38.5 Å². The Bertz CT molecular complexity index is 899. The fraction of sp³-hybridized carbons (Fsp3) is 0.222. The van der Waals surface area contributed by atoms with Crippen LogP contribution < -0.4 is 20.1 Å². The van der Waals surface area contributed by atoms with Gasteiger partial charge in [0.15, 0.2) is 6.61 Å². The Hall–Kier alpha value is -3.82. The summed E-state index contributed by atoms with van der Waals surface area (Å²) in [4.78, 5) is 34.7. The molecule has 0 aliphatic carbocycles. The molecule has 0 atom stereocenters. The molecular formula is C18H19N3O7. The molecular weight excluding hydrogens is 370 g/mol. The summed E-state index contributed by atoms with van der Waals surface area (Å²) in [6.45, 7) is -0.592. The third-order valence-corrected chi connectivity index (χ3v) is 3.72. The molecule has 0 fully saturated rings. The molecule has 2 aromatic rings. The number of non-ortho nitro benzene ring substituents is 1. The summed E-state index contributed by atoms with van der Waals surface area (Å²) in [6.07, 6.45) is 0. The molecule has 0 bridgehead atoms. The maximum Gasteiger partial charge on any atom is 0.341 e. The van der Waals surface area contributed by atoms with Crippen molar-refractivity contribution in [2.45, 2.75) is 0 Å². The molecule has 1 amide bonds. The molecule has 0 heterocycles. The van der Waals surface area contributed by atoms with Crippen LogP contribution in [0.1, 0.15) is 10.4 Å². The minimum Gasteiger partial charge on any atom is -0.497 e. The molecule has 10 nitrogen and oxygen atoms in total. The van der Waals surface area contributed by atoms with Crippen LogP contribution in [0.2, 0.25) is 0 Å². The summed E-state index contributed by atoms with van der Waals surface area (Å²) in [5, 5.41) is 16.2. The number of hydrogen-bond acceptors (Lipinski definition) is 8. The number of hydrogen-bond donors (Lipinski definition) is 2. The lowest BCUT2D eigenvalue weighted by Gasteiger charge is -2.12. The van der Waals surface area contributed by atoms with Crippen LogP contribution in [0.3, 0.4) is 0 Å². The van der Waals surface area contributed by atoms with Crippen LogP contribution >= 0.6 is 0 Å². The molecule has 2 rings (SSSR count). The van der Waals surface area contributed by atoms with Gasteiger partial charge >= 0.3 is 5.97 Å². The topological polar surface area (TPSA) is 129 Å². The van der Waals surface area contributed by atoms with Crippen molar-refractivity contribution in [3.05, 3.63) is 52.1 Å². The first-order valence-electron chi connectivity index (χ1n) is 8.04. The number of methoxy groups -OCH3 is 2. The lowest BCUT2D eigenvalue weighted by atomic mass is 10.1. The Morgan fingerprint density at radius 3 is 2.43 bits per heavy atom. The molecule has 0 aliphatic heterocycles. The third-order valence-electron chi connectivity index (χ3n) is 3.72. The zero-order chi connectivity index (χ0) is 20.7. The number of ether oxygens (including phenoxy) is 3. The van der Waals surface area contributed by atoms with Gasteiger partial charge in [0.05, 0.1) is 30.4 Å². The average Bonchev–Trinajstić information content (AvgIpc) is 2.71. The Morgan fingerprint density at radius 1 is 1.07 bits per heavy atom. The standard InChI is InChI=1S/C18H19N3O7/c1-19-14-6-4-11(21(24)25)8-13(14)18(23)28-10-17(22)20-15-9-12(26-2)5-7-16(15)27-3/h4-9,19H,10H2,1-3H3,(H,20,22). The molecule has 148 valence electrons. The lowest BCUT2D eigenvalue weighted by molar-refractivity contribution is -0.384. The number of rotatable bonds is 8. The fourth-order valence-electron chi connectivity index (χ4n) is 2.34. The van der Waals surface area contributed by atoms with E-state index in [0.717, 1.165) is 6.07 Å². The first-order valence-corrected chi connectivity index (χ1v) is 8.04. The number of benzene rings is 2. The van der Waals surface area contributed by atoms with Crippen molar-refractivity contribution >= 4 is 28.9 Å². The summed E-state index contributed by atoms with van der Waals surface area (Å²) in [6, 6.07) is 8.55. The van der Waals surface area contributed by atoms with Crippen molar-refractivity contribution in [3.63, 3.8) is 0 Å². The predicted molar refractivity (Wildman–Crippen MR) is 101 cm³/mol.